The highest BCUT2D eigenvalue weighted by Gasteiger charge is 2.23. The maximum absolute atomic E-state index is 13.0. The molecule has 0 aromatic heterocycles. The monoisotopic (exact) mass is 584 g/mol. The summed E-state index contributed by atoms with van der Waals surface area (Å²) in [5.41, 5.74) is 2.35. The van der Waals surface area contributed by atoms with Gasteiger partial charge < -0.3 is 4.90 Å². The molecule has 1 aliphatic rings. The van der Waals surface area contributed by atoms with Crippen LogP contribution in [0.5, 0.6) is 0 Å². The van der Waals surface area contributed by atoms with E-state index in [1.807, 2.05) is 12.1 Å². The van der Waals surface area contributed by atoms with Gasteiger partial charge in [0.15, 0.2) is 0 Å². The molecular formula is C27H28Cl4N2O2S. The van der Waals surface area contributed by atoms with Gasteiger partial charge in [-0.2, -0.15) is 0 Å². The molecule has 1 heterocycles. The first-order valence-corrected chi connectivity index (χ1v) is 14.9. The Hall–Kier alpha value is -1.31. The molecule has 4 rings (SSSR count). The summed E-state index contributed by atoms with van der Waals surface area (Å²) < 4.78 is 28.7. The van der Waals surface area contributed by atoms with Crippen molar-refractivity contribution in [2.45, 2.75) is 36.0 Å². The quantitative estimate of drug-likeness (QED) is 0.281. The van der Waals surface area contributed by atoms with Crippen molar-refractivity contribution in [3.05, 3.63) is 97.9 Å². The molecule has 1 saturated heterocycles. The largest absolute Gasteiger partial charge is 0.303 e. The SMILES string of the molecule is O=S(=O)(NCC(CCN1CCC(c2ccccc2)CC1)c1ccc(Cl)c(Cl)c1)c1ccc(Cl)c(Cl)c1. The molecule has 1 unspecified atom stereocenters. The Morgan fingerprint density at radius 3 is 2.11 bits per heavy atom. The number of benzene rings is 3. The van der Waals surface area contributed by atoms with Gasteiger partial charge in [-0.25, -0.2) is 13.1 Å². The zero-order valence-corrected chi connectivity index (χ0v) is 23.5. The lowest BCUT2D eigenvalue weighted by atomic mass is 9.89. The normalized spacial score (nSPS) is 16.2. The average Bonchev–Trinajstić information content (AvgIpc) is 2.88. The van der Waals surface area contributed by atoms with Crippen molar-refractivity contribution in [1.29, 1.82) is 0 Å². The predicted octanol–water partition coefficient (Wildman–Crippen LogP) is 7.63. The van der Waals surface area contributed by atoms with E-state index in [9.17, 15) is 8.42 Å². The third-order valence-electron chi connectivity index (χ3n) is 6.79. The number of sulfonamides is 1. The Morgan fingerprint density at radius 2 is 1.47 bits per heavy atom. The molecule has 1 N–H and O–H groups in total. The Balaban J connectivity index is 1.42. The van der Waals surface area contributed by atoms with Crippen molar-refractivity contribution in [2.24, 2.45) is 0 Å². The van der Waals surface area contributed by atoms with Crippen LogP contribution in [0.3, 0.4) is 0 Å². The van der Waals surface area contributed by atoms with Crippen LogP contribution < -0.4 is 4.72 Å². The summed E-state index contributed by atoms with van der Waals surface area (Å²) in [5.74, 6) is 0.510. The molecule has 0 aliphatic carbocycles. The second-order valence-electron chi connectivity index (χ2n) is 9.11. The second kappa shape index (κ2) is 12.5. The highest BCUT2D eigenvalue weighted by atomic mass is 35.5. The van der Waals surface area contributed by atoms with E-state index in [1.165, 1.54) is 23.8 Å². The van der Waals surface area contributed by atoms with Crippen LogP contribution in [0.4, 0.5) is 0 Å². The zero-order chi connectivity index (χ0) is 25.7. The second-order valence-corrected chi connectivity index (χ2v) is 12.5. The molecule has 1 aliphatic heterocycles. The van der Waals surface area contributed by atoms with Crippen molar-refractivity contribution < 1.29 is 8.42 Å². The first-order chi connectivity index (χ1) is 17.2. The molecular weight excluding hydrogens is 558 g/mol. The van der Waals surface area contributed by atoms with Crippen molar-refractivity contribution >= 4 is 56.4 Å². The van der Waals surface area contributed by atoms with Gasteiger partial charge in [-0.15, -0.1) is 0 Å². The summed E-state index contributed by atoms with van der Waals surface area (Å²) >= 11 is 24.4. The van der Waals surface area contributed by atoms with E-state index < -0.39 is 10.0 Å². The van der Waals surface area contributed by atoms with E-state index in [-0.39, 0.29) is 22.4 Å². The molecule has 0 bridgehead atoms. The van der Waals surface area contributed by atoms with E-state index in [0.717, 1.165) is 44.5 Å². The molecule has 3 aromatic carbocycles. The van der Waals surface area contributed by atoms with Gasteiger partial charge in [0, 0.05) is 6.54 Å². The maximum atomic E-state index is 13.0. The van der Waals surface area contributed by atoms with Crippen LogP contribution in [-0.2, 0) is 10.0 Å². The Kier molecular flexibility index (Phi) is 9.62. The molecule has 4 nitrogen and oxygen atoms in total. The van der Waals surface area contributed by atoms with Gasteiger partial charge in [-0.05, 0) is 92.2 Å². The van der Waals surface area contributed by atoms with E-state index in [0.29, 0.717) is 21.0 Å². The summed E-state index contributed by atoms with van der Waals surface area (Å²) in [7, 11) is -3.77. The molecule has 3 aromatic rings. The number of nitrogens with zero attached hydrogens (tertiary/aromatic N) is 1. The highest BCUT2D eigenvalue weighted by Crippen LogP contribution is 2.31. The van der Waals surface area contributed by atoms with E-state index in [1.54, 1.807) is 6.07 Å². The van der Waals surface area contributed by atoms with Crippen molar-refractivity contribution in [2.75, 3.05) is 26.2 Å². The summed E-state index contributed by atoms with van der Waals surface area (Å²) in [4.78, 5) is 2.53. The summed E-state index contributed by atoms with van der Waals surface area (Å²) in [6.07, 6.45) is 3.01. The molecule has 0 spiro atoms. The minimum absolute atomic E-state index is 0.0766. The summed E-state index contributed by atoms with van der Waals surface area (Å²) in [6, 6.07) is 20.4. The van der Waals surface area contributed by atoms with Gasteiger partial charge in [-0.1, -0.05) is 82.8 Å². The van der Waals surface area contributed by atoms with Crippen molar-refractivity contribution in [3.8, 4) is 0 Å². The maximum Gasteiger partial charge on any atom is 0.240 e. The third kappa shape index (κ3) is 7.16. The van der Waals surface area contributed by atoms with Crippen molar-refractivity contribution in [3.63, 3.8) is 0 Å². The number of hydrogen-bond acceptors (Lipinski definition) is 3. The van der Waals surface area contributed by atoms with E-state index >= 15 is 0 Å². The molecule has 0 amide bonds. The van der Waals surface area contributed by atoms with Gasteiger partial charge in [0.2, 0.25) is 10.0 Å². The lowest BCUT2D eigenvalue weighted by Gasteiger charge is -2.33. The zero-order valence-electron chi connectivity index (χ0n) is 19.6. The van der Waals surface area contributed by atoms with Gasteiger partial charge in [0.05, 0.1) is 25.0 Å². The van der Waals surface area contributed by atoms with Gasteiger partial charge in [-0.3, -0.25) is 0 Å². The number of hydrogen-bond donors (Lipinski definition) is 1. The van der Waals surface area contributed by atoms with Gasteiger partial charge >= 0.3 is 0 Å². The van der Waals surface area contributed by atoms with Crippen LogP contribution in [0.25, 0.3) is 0 Å². The fraction of sp³-hybridized carbons (Fsp3) is 0.333. The van der Waals surface area contributed by atoms with Crippen LogP contribution in [0, 0.1) is 0 Å². The number of nitrogens with one attached hydrogen (secondary N) is 1. The smallest absolute Gasteiger partial charge is 0.240 e. The number of halogens is 4. The topological polar surface area (TPSA) is 49.4 Å². The van der Waals surface area contributed by atoms with Crippen LogP contribution >= 0.6 is 46.4 Å². The first-order valence-electron chi connectivity index (χ1n) is 11.9. The molecule has 1 fully saturated rings. The number of likely N-dealkylation sites (tertiary alicyclic amines) is 1. The molecule has 192 valence electrons. The summed E-state index contributed by atoms with van der Waals surface area (Å²) in [5, 5.41) is 1.42. The molecule has 36 heavy (non-hydrogen) atoms. The van der Waals surface area contributed by atoms with Crippen LogP contribution in [0.1, 0.15) is 42.2 Å². The molecule has 1 atom stereocenters. The highest BCUT2D eigenvalue weighted by molar-refractivity contribution is 7.89. The van der Waals surface area contributed by atoms with E-state index in [4.69, 9.17) is 46.4 Å². The standard InChI is InChI=1S/C27H28Cl4N2O2S/c28-24-8-6-21(16-26(24)30)22(18-32-36(34,35)23-7-9-25(29)27(31)17-23)12-15-33-13-10-20(11-14-33)19-4-2-1-3-5-19/h1-9,16-17,20,22,32H,10-15,18H2. The molecule has 0 radical (unpaired) electrons. The Morgan fingerprint density at radius 1 is 0.833 bits per heavy atom. The van der Waals surface area contributed by atoms with Crippen LogP contribution in [0.2, 0.25) is 20.1 Å². The Bertz CT molecular complexity index is 1280. The van der Waals surface area contributed by atoms with E-state index in [2.05, 4.69) is 40.0 Å². The lowest BCUT2D eigenvalue weighted by molar-refractivity contribution is 0.205. The third-order valence-corrected chi connectivity index (χ3v) is 9.69. The van der Waals surface area contributed by atoms with Crippen LogP contribution in [0.15, 0.2) is 71.6 Å². The van der Waals surface area contributed by atoms with Crippen molar-refractivity contribution in [1.82, 2.24) is 9.62 Å². The minimum atomic E-state index is -3.77. The minimum Gasteiger partial charge on any atom is -0.303 e. The predicted molar refractivity (Wildman–Crippen MR) is 150 cm³/mol. The summed E-state index contributed by atoms with van der Waals surface area (Å²) in [6.45, 7) is 3.12. The van der Waals surface area contributed by atoms with Crippen LogP contribution in [-0.4, -0.2) is 39.5 Å². The first kappa shape index (κ1) is 27.7. The van der Waals surface area contributed by atoms with Gasteiger partial charge in [0.1, 0.15) is 0 Å². The lowest BCUT2D eigenvalue weighted by Crippen LogP contribution is -2.35. The van der Waals surface area contributed by atoms with Gasteiger partial charge in [0.25, 0.3) is 0 Å². The fourth-order valence-electron chi connectivity index (χ4n) is 4.64. The number of rotatable bonds is 9. The number of piperidine rings is 1. The average molecular weight is 586 g/mol. The Labute approximate surface area is 233 Å². The molecule has 0 saturated carbocycles. The molecule has 9 heteroatoms. The fourth-order valence-corrected chi connectivity index (χ4v) is 6.42.